The van der Waals surface area contributed by atoms with E-state index < -0.39 is 10.2 Å². The van der Waals surface area contributed by atoms with Crippen molar-refractivity contribution in [3.8, 4) is 5.75 Å². The lowest BCUT2D eigenvalue weighted by Crippen LogP contribution is -2.54. The van der Waals surface area contributed by atoms with Gasteiger partial charge in [-0.2, -0.15) is 17.0 Å². The number of methoxy groups -OCH3 is 1. The molecule has 1 N–H and O–H groups in total. The molecule has 218 valence electrons. The zero-order chi connectivity index (χ0) is 28.7. The van der Waals surface area contributed by atoms with Crippen molar-refractivity contribution in [1.29, 1.82) is 0 Å². The number of rotatable bonds is 10. The molecule has 2 aromatic carbocycles. The fraction of sp³-hybridized carbons (Fsp3) is 0.419. The van der Waals surface area contributed by atoms with E-state index in [1.54, 1.807) is 29.7 Å². The molecule has 10 heteroatoms. The number of ether oxygens (including phenoxy) is 2. The molecule has 0 atom stereocenters. The molecule has 1 saturated heterocycles. The van der Waals surface area contributed by atoms with E-state index in [2.05, 4.69) is 22.4 Å². The van der Waals surface area contributed by atoms with E-state index in [4.69, 9.17) is 9.47 Å². The van der Waals surface area contributed by atoms with Gasteiger partial charge in [0.2, 0.25) is 0 Å². The average molecular weight is 579 g/mol. The summed E-state index contributed by atoms with van der Waals surface area (Å²) in [6, 6.07) is 22.8. The van der Waals surface area contributed by atoms with Crippen LogP contribution < -0.4 is 10.1 Å². The summed E-state index contributed by atoms with van der Waals surface area (Å²) in [7, 11) is -2.17. The van der Waals surface area contributed by atoms with Gasteiger partial charge in [-0.05, 0) is 55.5 Å². The molecule has 41 heavy (non-hydrogen) atoms. The van der Waals surface area contributed by atoms with Crippen LogP contribution in [0, 0.1) is 0 Å². The molecule has 1 saturated carbocycles. The number of benzene rings is 2. The maximum Gasteiger partial charge on any atom is 0.282 e. The highest BCUT2D eigenvalue weighted by Crippen LogP contribution is 2.41. The minimum absolute atomic E-state index is 0.188. The lowest BCUT2D eigenvalue weighted by Gasteiger charge is -2.44. The molecule has 0 unspecified atom stereocenters. The van der Waals surface area contributed by atoms with Crippen LogP contribution in [0.3, 0.4) is 0 Å². The second kappa shape index (κ2) is 13.1. The van der Waals surface area contributed by atoms with E-state index in [1.165, 1.54) is 4.31 Å². The Morgan fingerprint density at radius 1 is 1.02 bits per heavy atom. The van der Waals surface area contributed by atoms with Gasteiger partial charge in [-0.1, -0.05) is 48.5 Å². The quantitative estimate of drug-likeness (QED) is 0.393. The summed E-state index contributed by atoms with van der Waals surface area (Å²) >= 11 is 0. The number of hydrogen-bond acceptors (Lipinski definition) is 6. The molecule has 0 bridgehead atoms. The molecule has 2 heterocycles. The lowest BCUT2D eigenvalue weighted by molar-refractivity contribution is 0.0673. The molecular weight excluding hydrogens is 540 g/mol. The predicted octanol–water partition coefficient (Wildman–Crippen LogP) is 3.78. The summed E-state index contributed by atoms with van der Waals surface area (Å²) in [5, 5.41) is 3.17. The number of nitrogens with one attached hydrogen (secondary N) is 1. The van der Waals surface area contributed by atoms with Gasteiger partial charge in [0, 0.05) is 37.3 Å². The van der Waals surface area contributed by atoms with Crippen LogP contribution in [0.15, 0.2) is 79.0 Å². The highest BCUT2D eigenvalue weighted by molar-refractivity contribution is 7.86. The summed E-state index contributed by atoms with van der Waals surface area (Å²) in [5.74, 6) is 0.340. The molecule has 5 rings (SSSR count). The van der Waals surface area contributed by atoms with Crippen molar-refractivity contribution in [3.63, 3.8) is 0 Å². The zero-order valence-corrected chi connectivity index (χ0v) is 24.3. The minimum Gasteiger partial charge on any atom is -0.496 e. The molecule has 1 aliphatic carbocycles. The average Bonchev–Trinajstić information content (AvgIpc) is 3.04. The molecule has 0 spiro atoms. The number of nitrogens with zero attached hydrogens (tertiary/aromatic N) is 3. The molecule has 1 aromatic heterocycles. The van der Waals surface area contributed by atoms with E-state index in [0.29, 0.717) is 62.7 Å². The van der Waals surface area contributed by atoms with Crippen LogP contribution in [0.25, 0.3) is 0 Å². The smallest absolute Gasteiger partial charge is 0.282 e. The van der Waals surface area contributed by atoms with Crippen LogP contribution in [0.2, 0.25) is 0 Å². The highest BCUT2D eigenvalue weighted by Gasteiger charge is 2.43. The Hall–Kier alpha value is -3.31. The summed E-state index contributed by atoms with van der Waals surface area (Å²) in [4.78, 5) is 17.7. The monoisotopic (exact) mass is 578 g/mol. The normalized spacial score (nSPS) is 21.9. The van der Waals surface area contributed by atoms with Crippen molar-refractivity contribution in [2.45, 2.75) is 43.7 Å². The molecule has 0 radical (unpaired) electrons. The number of morpholine rings is 1. The lowest BCUT2D eigenvalue weighted by atomic mass is 9.68. The first-order valence-electron chi connectivity index (χ1n) is 14.1. The van der Waals surface area contributed by atoms with Crippen LogP contribution in [0.1, 0.15) is 47.3 Å². The molecule has 1 aliphatic heterocycles. The van der Waals surface area contributed by atoms with Crippen LogP contribution in [0.4, 0.5) is 0 Å². The van der Waals surface area contributed by atoms with Crippen molar-refractivity contribution >= 4 is 16.1 Å². The van der Waals surface area contributed by atoms with E-state index in [0.717, 1.165) is 18.4 Å². The van der Waals surface area contributed by atoms with Gasteiger partial charge in [-0.25, -0.2) is 0 Å². The Morgan fingerprint density at radius 2 is 1.71 bits per heavy atom. The van der Waals surface area contributed by atoms with Crippen molar-refractivity contribution < 1.29 is 22.7 Å². The number of hydrogen-bond donors (Lipinski definition) is 1. The molecule has 2 aliphatic rings. The first kappa shape index (κ1) is 29.2. The Balaban J connectivity index is 1.38. The van der Waals surface area contributed by atoms with Gasteiger partial charge < -0.3 is 14.8 Å². The van der Waals surface area contributed by atoms with Crippen LogP contribution >= 0.6 is 0 Å². The minimum atomic E-state index is -3.73. The number of para-hydroxylation sites is 1. The van der Waals surface area contributed by atoms with Crippen LogP contribution in [0.5, 0.6) is 5.75 Å². The molecular formula is C31H38N4O5S. The van der Waals surface area contributed by atoms with Gasteiger partial charge in [0.05, 0.1) is 38.1 Å². The Kier molecular flexibility index (Phi) is 9.34. The van der Waals surface area contributed by atoms with Crippen molar-refractivity contribution in [2.24, 2.45) is 0 Å². The maximum atomic E-state index is 14.0. The molecule has 2 fully saturated rings. The van der Waals surface area contributed by atoms with Crippen LogP contribution in [-0.4, -0.2) is 73.9 Å². The van der Waals surface area contributed by atoms with Crippen molar-refractivity contribution in [1.82, 2.24) is 18.9 Å². The highest BCUT2D eigenvalue weighted by atomic mass is 32.2. The number of carbonyl (C=O) groups is 1. The van der Waals surface area contributed by atoms with Crippen molar-refractivity contribution in [3.05, 3.63) is 95.8 Å². The third-order valence-corrected chi connectivity index (χ3v) is 10.3. The Bertz CT molecular complexity index is 1390. The van der Waals surface area contributed by atoms with E-state index in [9.17, 15) is 13.2 Å². The third kappa shape index (κ3) is 6.62. The van der Waals surface area contributed by atoms with Crippen LogP contribution in [-0.2, 0) is 26.9 Å². The largest absolute Gasteiger partial charge is 0.496 e. The number of amides is 1. The second-order valence-corrected chi connectivity index (χ2v) is 12.5. The fourth-order valence-electron chi connectivity index (χ4n) is 5.96. The summed E-state index contributed by atoms with van der Waals surface area (Å²) < 4.78 is 41.9. The SMILES string of the molecule is COc1ccccc1C(=O)NC[C@]1(c2ccccc2)CC[C@H](N(Cc2ccccn2)S(=O)(=O)N2CCOCC2)CC1. The summed E-state index contributed by atoms with van der Waals surface area (Å²) in [6.07, 6.45) is 4.47. The topological polar surface area (TPSA) is 101 Å². The molecule has 3 aromatic rings. The molecule has 9 nitrogen and oxygen atoms in total. The van der Waals surface area contributed by atoms with Gasteiger partial charge >= 0.3 is 0 Å². The zero-order valence-electron chi connectivity index (χ0n) is 23.4. The van der Waals surface area contributed by atoms with Gasteiger partial charge in [0.15, 0.2) is 0 Å². The van der Waals surface area contributed by atoms with Gasteiger partial charge in [0.1, 0.15) is 5.75 Å². The number of aromatic nitrogens is 1. The fourth-order valence-corrected chi connectivity index (χ4v) is 7.75. The third-order valence-electron chi connectivity index (χ3n) is 8.28. The maximum absolute atomic E-state index is 14.0. The standard InChI is InChI=1S/C31H38N4O5S/c1-39-29-13-6-5-12-28(29)30(36)33-24-31(25-9-3-2-4-10-25)16-14-27(15-17-31)35(23-26-11-7-8-18-32-26)41(37,38)34-19-21-40-22-20-34/h2-13,18,27H,14-17,19-24H2,1H3,(H,33,36)/t27-,31-. The van der Waals surface area contributed by atoms with E-state index >= 15 is 0 Å². The Morgan fingerprint density at radius 3 is 2.39 bits per heavy atom. The van der Waals surface area contributed by atoms with Gasteiger partial charge in [-0.15, -0.1) is 0 Å². The first-order valence-corrected chi connectivity index (χ1v) is 15.5. The van der Waals surface area contributed by atoms with E-state index in [1.807, 2.05) is 48.5 Å². The van der Waals surface area contributed by atoms with Crippen molar-refractivity contribution in [2.75, 3.05) is 40.0 Å². The summed E-state index contributed by atoms with van der Waals surface area (Å²) in [5.41, 5.74) is 2.03. The first-order chi connectivity index (χ1) is 19.9. The predicted molar refractivity (Wildman–Crippen MR) is 157 cm³/mol. The van der Waals surface area contributed by atoms with E-state index in [-0.39, 0.29) is 23.9 Å². The number of pyridine rings is 1. The number of carbonyl (C=O) groups excluding carboxylic acids is 1. The summed E-state index contributed by atoms with van der Waals surface area (Å²) in [6.45, 7) is 2.13. The Labute approximate surface area is 242 Å². The second-order valence-electron chi connectivity index (χ2n) is 10.6. The van der Waals surface area contributed by atoms with Gasteiger partial charge in [0.25, 0.3) is 16.1 Å². The molecule has 1 amide bonds. The van der Waals surface area contributed by atoms with Gasteiger partial charge in [-0.3, -0.25) is 9.78 Å².